The van der Waals surface area contributed by atoms with Gasteiger partial charge in [-0.3, -0.25) is 9.59 Å². The smallest absolute Gasteiger partial charge is 0.299 e. The van der Waals surface area contributed by atoms with Crippen LogP contribution >= 0.6 is 11.6 Å². The number of nitrogens with zero attached hydrogens (tertiary/aromatic N) is 3. The zero-order valence-corrected chi connectivity index (χ0v) is 22.3. The van der Waals surface area contributed by atoms with Crippen LogP contribution in [0.3, 0.4) is 0 Å². The number of carbonyl (C=O) groups is 1. The Morgan fingerprint density at radius 2 is 1.72 bits per heavy atom. The fourth-order valence-corrected chi connectivity index (χ4v) is 5.50. The van der Waals surface area contributed by atoms with Crippen molar-refractivity contribution < 1.29 is 9.53 Å². The van der Waals surface area contributed by atoms with E-state index in [1.54, 1.807) is 36.4 Å². The minimum absolute atomic E-state index is 0.000897. The number of fused-ring (bicyclic) bond motifs is 1. The van der Waals surface area contributed by atoms with Gasteiger partial charge in [0.25, 0.3) is 11.5 Å². The zero-order valence-electron chi connectivity index (χ0n) is 21.5. The molecule has 0 atom stereocenters. The number of hydrogen-bond donors (Lipinski definition) is 1. The van der Waals surface area contributed by atoms with Crippen molar-refractivity contribution in [1.82, 2.24) is 14.7 Å². The lowest BCUT2D eigenvalue weighted by atomic mass is 10.1. The van der Waals surface area contributed by atoms with Crippen molar-refractivity contribution in [3.63, 3.8) is 0 Å². The van der Waals surface area contributed by atoms with E-state index in [9.17, 15) is 9.59 Å². The largest absolute Gasteiger partial charge is 0.453 e. The van der Waals surface area contributed by atoms with Crippen LogP contribution in [0.1, 0.15) is 47.2 Å². The zero-order chi connectivity index (χ0) is 26.8. The summed E-state index contributed by atoms with van der Waals surface area (Å²) >= 11 is 6.19. The number of anilines is 2. The highest BCUT2D eigenvalue weighted by Gasteiger charge is 2.20. The summed E-state index contributed by atoms with van der Waals surface area (Å²) in [6.07, 6.45) is 7.95. The van der Waals surface area contributed by atoms with Crippen LogP contribution in [0.15, 0.2) is 77.7 Å². The van der Waals surface area contributed by atoms with E-state index in [1.165, 1.54) is 22.0 Å². The van der Waals surface area contributed by atoms with E-state index in [1.807, 2.05) is 29.2 Å². The van der Waals surface area contributed by atoms with Crippen molar-refractivity contribution in [3.8, 4) is 17.2 Å². The number of benzene rings is 3. The van der Waals surface area contributed by atoms with Gasteiger partial charge in [0.1, 0.15) is 5.75 Å². The summed E-state index contributed by atoms with van der Waals surface area (Å²) in [6, 6.07) is 20.2. The summed E-state index contributed by atoms with van der Waals surface area (Å²) < 4.78 is 7.52. The van der Waals surface area contributed by atoms with Crippen molar-refractivity contribution in [3.05, 3.63) is 105 Å². The molecule has 198 valence electrons. The molecule has 0 saturated carbocycles. The van der Waals surface area contributed by atoms with Gasteiger partial charge < -0.3 is 15.0 Å². The van der Waals surface area contributed by atoms with E-state index < -0.39 is 5.56 Å². The number of hydrogen-bond acceptors (Lipinski definition) is 5. The summed E-state index contributed by atoms with van der Waals surface area (Å²) in [6.45, 7) is 1.54. The van der Waals surface area contributed by atoms with Crippen LogP contribution in [0.2, 0.25) is 5.02 Å². The van der Waals surface area contributed by atoms with Gasteiger partial charge in [0, 0.05) is 29.4 Å². The average molecular weight is 541 g/mol. The van der Waals surface area contributed by atoms with E-state index in [0.29, 0.717) is 33.5 Å². The lowest BCUT2D eigenvalue weighted by molar-refractivity contribution is 0.0724. The second kappa shape index (κ2) is 10.9. The number of halogens is 1. The van der Waals surface area contributed by atoms with E-state index >= 15 is 0 Å². The van der Waals surface area contributed by atoms with Gasteiger partial charge in [-0.05, 0) is 98.2 Å². The molecule has 2 aliphatic rings. The first-order valence-electron chi connectivity index (χ1n) is 13.4. The van der Waals surface area contributed by atoms with Crippen molar-refractivity contribution in [1.29, 1.82) is 0 Å². The molecule has 0 radical (unpaired) electrons. The van der Waals surface area contributed by atoms with Gasteiger partial charge >= 0.3 is 0 Å². The molecule has 2 heterocycles. The number of likely N-dealkylation sites (tertiary alicyclic amines) is 1. The fraction of sp³-hybridized carbons (Fsp3) is 0.258. The van der Waals surface area contributed by atoms with Crippen LogP contribution in [-0.4, -0.2) is 33.7 Å². The normalized spacial score (nSPS) is 14.6. The quantitative estimate of drug-likeness (QED) is 0.300. The Hall–Kier alpha value is -4.10. The molecule has 4 aromatic rings. The lowest BCUT2D eigenvalue weighted by Crippen LogP contribution is -2.35. The average Bonchev–Trinajstić information content (AvgIpc) is 3.43. The second-order valence-corrected chi connectivity index (χ2v) is 10.5. The molecule has 3 aromatic carbocycles. The minimum Gasteiger partial charge on any atom is -0.453 e. The number of amides is 1. The van der Waals surface area contributed by atoms with Gasteiger partial charge in [0.2, 0.25) is 0 Å². The topological polar surface area (TPSA) is 76.5 Å². The lowest BCUT2D eigenvalue weighted by Gasteiger charge is -2.26. The third-order valence-corrected chi connectivity index (χ3v) is 7.55. The molecule has 7 nitrogen and oxygen atoms in total. The second-order valence-electron chi connectivity index (χ2n) is 10.0. The number of ether oxygens (including phenoxy) is 1. The molecule has 1 fully saturated rings. The van der Waals surface area contributed by atoms with Crippen LogP contribution < -0.4 is 15.6 Å². The van der Waals surface area contributed by atoms with Crippen molar-refractivity contribution in [2.45, 2.75) is 38.5 Å². The number of carbonyl (C=O) groups excluding carboxylic acids is 1. The minimum atomic E-state index is -0.399. The number of aryl methyl sites for hydroxylation is 2. The Morgan fingerprint density at radius 3 is 2.56 bits per heavy atom. The molecule has 8 heteroatoms. The van der Waals surface area contributed by atoms with Crippen LogP contribution in [-0.2, 0) is 12.8 Å². The van der Waals surface area contributed by atoms with Crippen LogP contribution in [0, 0.1) is 0 Å². The highest BCUT2D eigenvalue weighted by atomic mass is 35.5. The standard InChI is InChI=1S/C31H29ClN4O3/c32-24-10-6-12-26(19-24)36-31(38)29(28(20-33-36)39-27-14-13-21-7-4-8-22(21)18-27)34-25-11-5-9-23(17-25)30(37)35-15-2-1-3-16-35/h5-6,9-14,17-20,34H,1-4,7-8,15-16H2. The van der Waals surface area contributed by atoms with Crippen LogP contribution in [0.4, 0.5) is 11.4 Å². The molecule has 1 N–H and O–H groups in total. The Labute approximate surface area is 232 Å². The molecule has 6 rings (SSSR count). The third kappa shape index (κ3) is 5.40. The maximum Gasteiger partial charge on any atom is 0.299 e. The maximum atomic E-state index is 13.8. The molecule has 0 bridgehead atoms. The summed E-state index contributed by atoms with van der Waals surface area (Å²) in [4.78, 5) is 28.8. The Bertz CT molecular complexity index is 1590. The predicted octanol–water partition coefficient (Wildman–Crippen LogP) is 6.54. The summed E-state index contributed by atoms with van der Waals surface area (Å²) in [5.74, 6) is 0.942. The SMILES string of the molecule is O=C(c1cccc(Nc2c(Oc3ccc4c(c3)CCC4)cnn(-c3cccc(Cl)c3)c2=O)c1)N1CCCCC1. The molecule has 0 unspecified atom stereocenters. The molecule has 1 aliphatic carbocycles. The van der Waals surface area contributed by atoms with E-state index in [-0.39, 0.29) is 11.6 Å². The molecule has 0 spiro atoms. The Kier molecular flexibility index (Phi) is 7.07. The molecule has 39 heavy (non-hydrogen) atoms. The summed E-state index contributed by atoms with van der Waals surface area (Å²) in [5.41, 5.74) is 4.15. The third-order valence-electron chi connectivity index (χ3n) is 7.32. The van der Waals surface area contributed by atoms with E-state index in [0.717, 1.165) is 51.6 Å². The van der Waals surface area contributed by atoms with Crippen molar-refractivity contribution in [2.24, 2.45) is 0 Å². The molecule has 1 aliphatic heterocycles. The molecular weight excluding hydrogens is 512 g/mol. The van der Waals surface area contributed by atoms with E-state index in [2.05, 4.69) is 16.5 Å². The molecule has 1 aromatic heterocycles. The predicted molar refractivity (Wildman–Crippen MR) is 153 cm³/mol. The van der Waals surface area contributed by atoms with Gasteiger partial charge in [-0.2, -0.15) is 9.78 Å². The number of nitrogens with one attached hydrogen (secondary N) is 1. The van der Waals surface area contributed by atoms with Crippen LogP contribution in [0.25, 0.3) is 5.69 Å². The van der Waals surface area contributed by atoms with Gasteiger partial charge in [-0.15, -0.1) is 0 Å². The summed E-state index contributed by atoms with van der Waals surface area (Å²) in [5, 5.41) is 8.12. The number of piperidine rings is 1. The first-order chi connectivity index (χ1) is 19.0. The number of rotatable bonds is 6. The first kappa shape index (κ1) is 25.2. The highest BCUT2D eigenvalue weighted by molar-refractivity contribution is 6.30. The monoisotopic (exact) mass is 540 g/mol. The molecule has 1 amide bonds. The Morgan fingerprint density at radius 1 is 0.897 bits per heavy atom. The number of aromatic nitrogens is 2. The molecular formula is C31H29ClN4O3. The van der Waals surface area contributed by atoms with Gasteiger partial charge in [-0.25, -0.2) is 0 Å². The van der Waals surface area contributed by atoms with Gasteiger partial charge in [0.05, 0.1) is 11.9 Å². The first-order valence-corrected chi connectivity index (χ1v) is 13.8. The molecule has 1 saturated heterocycles. The van der Waals surface area contributed by atoms with Crippen LogP contribution in [0.5, 0.6) is 11.5 Å². The van der Waals surface area contributed by atoms with Crippen molar-refractivity contribution >= 4 is 28.9 Å². The van der Waals surface area contributed by atoms with E-state index in [4.69, 9.17) is 16.3 Å². The summed E-state index contributed by atoms with van der Waals surface area (Å²) in [7, 11) is 0. The fourth-order valence-electron chi connectivity index (χ4n) is 5.32. The van der Waals surface area contributed by atoms with Gasteiger partial charge in [0.15, 0.2) is 11.4 Å². The van der Waals surface area contributed by atoms with Crippen molar-refractivity contribution in [2.75, 3.05) is 18.4 Å². The Balaban J connectivity index is 1.37. The highest BCUT2D eigenvalue weighted by Crippen LogP contribution is 2.32. The van der Waals surface area contributed by atoms with Gasteiger partial charge in [-0.1, -0.05) is 29.8 Å². The maximum absolute atomic E-state index is 13.8.